The van der Waals surface area contributed by atoms with Crippen LogP contribution in [0.3, 0.4) is 0 Å². The van der Waals surface area contributed by atoms with Crippen LogP contribution < -0.4 is 4.90 Å². The van der Waals surface area contributed by atoms with Crippen molar-refractivity contribution in [2.24, 2.45) is 0 Å². The molecule has 5 nitrogen and oxygen atoms in total. The molecule has 0 saturated carbocycles. The van der Waals surface area contributed by atoms with Gasteiger partial charge in [-0.15, -0.1) is 0 Å². The van der Waals surface area contributed by atoms with Crippen molar-refractivity contribution in [3.8, 4) is 0 Å². The summed E-state index contributed by atoms with van der Waals surface area (Å²) in [5, 5.41) is 1.66. The Labute approximate surface area is 204 Å². The van der Waals surface area contributed by atoms with Gasteiger partial charge in [0.1, 0.15) is 5.69 Å². The molecule has 0 aliphatic carbocycles. The van der Waals surface area contributed by atoms with Crippen LogP contribution in [0.15, 0.2) is 60.8 Å². The first-order valence-corrected chi connectivity index (χ1v) is 12.2. The molecule has 5 rings (SSSR count). The molecule has 1 aliphatic rings. The van der Waals surface area contributed by atoms with Crippen molar-refractivity contribution in [1.29, 1.82) is 0 Å². The molecular weight excluding hydrogens is 446 g/mol. The zero-order chi connectivity index (χ0) is 24.0. The van der Waals surface area contributed by atoms with E-state index < -0.39 is 5.60 Å². The number of anilines is 1. The molecule has 2 aromatic heterocycles. The minimum atomic E-state index is -1.19. The molecule has 3 heterocycles. The Morgan fingerprint density at radius 1 is 1.06 bits per heavy atom. The van der Waals surface area contributed by atoms with E-state index in [1.54, 1.807) is 18.3 Å². The van der Waals surface area contributed by atoms with Gasteiger partial charge >= 0.3 is 5.97 Å². The summed E-state index contributed by atoms with van der Waals surface area (Å²) in [5.41, 5.74) is 4.73. The Bertz CT molecular complexity index is 1410. The van der Waals surface area contributed by atoms with Gasteiger partial charge in [0, 0.05) is 53.6 Å². The van der Waals surface area contributed by atoms with Crippen LogP contribution >= 0.6 is 11.6 Å². The molecule has 2 aromatic carbocycles. The number of fused-ring (bicyclic) bond motifs is 2. The second kappa shape index (κ2) is 8.48. The second-order valence-electron chi connectivity index (χ2n) is 8.53. The number of nitrogens with zero attached hydrogens (tertiary/aromatic N) is 3. The fourth-order valence-electron chi connectivity index (χ4n) is 5.43. The Morgan fingerprint density at radius 2 is 1.82 bits per heavy atom. The first kappa shape index (κ1) is 22.5. The van der Waals surface area contributed by atoms with Crippen LogP contribution in [0.4, 0.5) is 5.69 Å². The lowest BCUT2D eigenvalue weighted by molar-refractivity contribution is 0.0245. The molecule has 0 bridgehead atoms. The number of esters is 1. The van der Waals surface area contributed by atoms with E-state index in [0.29, 0.717) is 16.3 Å². The molecule has 0 saturated heterocycles. The van der Waals surface area contributed by atoms with Gasteiger partial charge in [-0.1, -0.05) is 35.9 Å². The number of pyridine rings is 1. The summed E-state index contributed by atoms with van der Waals surface area (Å²) >= 11 is 6.86. The molecular formula is C28H28ClN3O2. The van der Waals surface area contributed by atoms with Crippen molar-refractivity contribution in [2.75, 3.05) is 18.0 Å². The molecule has 0 spiro atoms. The number of carbonyl (C=O) groups is 1. The molecule has 0 amide bonds. The largest absolute Gasteiger partial charge is 0.439 e. The number of hydrogen-bond donors (Lipinski definition) is 0. The van der Waals surface area contributed by atoms with E-state index in [4.69, 9.17) is 21.3 Å². The van der Waals surface area contributed by atoms with Gasteiger partial charge in [-0.2, -0.15) is 0 Å². The second-order valence-corrected chi connectivity index (χ2v) is 8.94. The maximum absolute atomic E-state index is 13.2. The van der Waals surface area contributed by atoms with Crippen LogP contribution in [-0.4, -0.2) is 28.6 Å². The van der Waals surface area contributed by atoms with Crippen molar-refractivity contribution in [3.05, 3.63) is 93.9 Å². The lowest BCUT2D eigenvalue weighted by Crippen LogP contribution is -2.31. The van der Waals surface area contributed by atoms with E-state index in [9.17, 15) is 4.79 Å². The number of carbonyl (C=O) groups excluding carboxylic acids is 1. The Hall–Kier alpha value is -3.31. The number of ether oxygens (including phenoxy) is 1. The van der Waals surface area contributed by atoms with Gasteiger partial charge in [-0.25, -0.2) is 4.79 Å². The topological polar surface area (TPSA) is 47.4 Å². The first-order chi connectivity index (χ1) is 16.5. The molecule has 0 radical (unpaired) electrons. The summed E-state index contributed by atoms with van der Waals surface area (Å²) in [6.45, 7) is 10.9. The number of halogens is 1. The van der Waals surface area contributed by atoms with Crippen LogP contribution in [0.25, 0.3) is 10.9 Å². The molecule has 1 unspecified atom stereocenters. The van der Waals surface area contributed by atoms with Crippen molar-refractivity contribution >= 4 is 34.2 Å². The third-order valence-corrected chi connectivity index (χ3v) is 7.27. The van der Waals surface area contributed by atoms with Crippen LogP contribution in [0.2, 0.25) is 5.02 Å². The van der Waals surface area contributed by atoms with Gasteiger partial charge in [0.25, 0.3) is 0 Å². The first-order valence-electron chi connectivity index (χ1n) is 11.8. The Balaban J connectivity index is 1.87. The zero-order valence-corrected chi connectivity index (χ0v) is 20.7. The fraction of sp³-hybridized carbons (Fsp3) is 0.286. The maximum Gasteiger partial charge on any atom is 0.341 e. The highest BCUT2D eigenvalue weighted by molar-refractivity contribution is 6.33. The molecule has 1 aliphatic heterocycles. The van der Waals surface area contributed by atoms with Crippen LogP contribution in [0, 0.1) is 6.92 Å². The quantitative estimate of drug-likeness (QED) is 0.307. The van der Waals surface area contributed by atoms with Crippen LogP contribution in [0.1, 0.15) is 53.6 Å². The van der Waals surface area contributed by atoms with Crippen molar-refractivity contribution in [1.82, 2.24) is 9.55 Å². The van der Waals surface area contributed by atoms with Crippen molar-refractivity contribution in [3.63, 3.8) is 0 Å². The predicted molar refractivity (Wildman–Crippen MR) is 137 cm³/mol. The maximum atomic E-state index is 13.2. The van der Waals surface area contributed by atoms with Gasteiger partial charge < -0.3 is 14.2 Å². The molecule has 6 heteroatoms. The SMILES string of the molecule is CCN(CC)c1ccc(C2(c3c(C)n(CC)c4ccccc34)OC(=O)c3cccnc32)cc1Cl. The van der Waals surface area contributed by atoms with E-state index in [1.165, 1.54) is 0 Å². The number of rotatable bonds is 6. The van der Waals surface area contributed by atoms with Crippen LogP contribution in [-0.2, 0) is 16.9 Å². The average Bonchev–Trinajstić information content (AvgIpc) is 3.31. The summed E-state index contributed by atoms with van der Waals surface area (Å²) in [5.74, 6) is -0.375. The third-order valence-electron chi connectivity index (χ3n) is 6.96. The number of hydrogen-bond acceptors (Lipinski definition) is 4. The number of benzene rings is 2. The Morgan fingerprint density at radius 3 is 2.53 bits per heavy atom. The number of para-hydroxylation sites is 1. The fourth-order valence-corrected chi connectivity index (χ4v) is 5.73. The van der Waals surface area contributed by atoms with E-state index in [-0.39, 0.29) is 5.97 Å². The smallest absolute Gasteiger partial charge is 0.341 e. The lowest BCUT2D eigenvalue weighted by atomic mass is 9.81. The van der Waals surface area contributed by atoms with Gasteiger partial charge in [0.15, 0.2) is 0 Å². The molecule has 34 heavy (non-hydrogen) atoms. The molecule has 0 N–H and O–H groups in total. The molecule has 4 aromatic rings. The highest BCUT2D eigenvalue weighted by Gasteiger charge is 2.52. The van der Waals surface area contributed by atoms with Gasteiger partial charge in [0.2, 0.25) is 5.60 Å². The Kier molecular flexibility index (Phi) is 5.61. The standard InChI is InChI=1S/C28H28ClN3O2/c1-5-31(6-2)24-15-14-19(17-22(24)29)28(26-21(27(33)34-28)12-10-16-30-26)25-18(4)32(7-3)23-13-9-8-11-20(23)25/h8-17H,5-7H2,1-4H3. The monoisotopic (exact) mass is 473 g/mol. The van der Waals surface area contributed by atoms with E-state index in [1.807, 2.05) is 30.3 Å². The molecule has 1 atom stereocenters. The summed E-state index contributed by atoms with van der Waals surface area (Å²) in [6, 6.07) is 17.8. The van der Waals surface area contributed by atoms with Crippen molar-refractivity contribution < 1.29 is 9.53 Å². The van der Waals surface area contributed by atoms with Gasteiger partial charge in [-0.05, 0) is 58.0 Å². The highest BCUT2D eigenvalue weighted by atomic mass is 35.5. The molecule has 0 fully saturated rings. The number of cyclic esters (lactones) is 1. The lowest BCUT2D eigenvalue weighted by Gasteiger charge is -2.31. The third kappa shape index (κ3) is 3.07. The summed E-state index contributed by atoms with van der Waals surface area (Å²) < 4.78 is 8.62. The van der Waals surface area contributed by atoms with Gasteiger partial charge in [-0.3, -0.25) is 4.98 Å². The highest BCUT2D eigenvalue weighted by Crippen LogP contribution is 2.50. The van der Waals surface area contributed by atoms with Gasteiger partial charge in [0.05, 0.1) is 16.3 Å². The number of aromatic nitrogens is 2. The summed E-state index contributed by atoms with van der Waals surface area (Å²) in [4.78, 5) is 20.1. The molecule has 174 valence electrons. The average molecular weight is 474 g/mol. The zero-order valence-electron chi connectivity index (χ0n) is 19.9. The van der Waals surface area contributed by atoms with Crippen molar-refractivity contribution in [2.45, 2.75) is 39.8 Å². The van der Waals surface area contributed by atoms with E-state index in [2.05, 4.69) is 49.3 Å². The minimum Gasteiger partial charge on any atom is -0.439 e. The predicted octanol–water partition coefficient (Wildman–Crippen LogP) is 6.33. The van der Waals surface area contributed by atoms with E-state index >= 15 is 0 Å². The summed E-state index contributed by atoms with van der Waals surface area (Å²) in [6.07, 6.45) is 1.72. The minimum absolute atomic E-state index is 0.375. The van der Waals surface area contributed by atoms with E-state index in [0.717, 1.165) is 53.0 Å². The normalized spacial score (nSPS) is 17.1. The summed E-state index contributed by atoms with van der Waals surface area (Å²) in [7, 11) is 0. The number of aryl methyl sites for hydroxylation is 1. The van der Waals surface area contributed by atoms with Crippen LogP contribution in [0.5, 0.6) is 0 Å².